The minimum absolute atomic E-state index is 0.0774. The van der Waals surface area contributed by atoms with Gasteiger partial charge in [0.2, 0.25) is 0 Å². The number of rotatable bonds is 7. The van der Waals surface area contributed by atoms with Gasteiger partial charge in [0.05, 0.1) is 21.4 Å². The van der Waals surface area contributed by atoms with Crippen LogP contribution in [0.4, 0.5) is 5.69 Å². The molecule has 0 radical (unpaired) electrons. The summed E-state index contributed by atoms with van der Waals surface area (Å²) in [6, 6.07) is 9.38. The highest BCUT2D eigenvalue weighted by molar-refractivity contribution is 7.99. The lowest BCUT2D eigenvalue weighted by atomic mass is 10.1. The Labute approximate surface area is 198 Å². The molecule has 2 aromatic rings. The van der Waals surface area contributed by atoms with E-state index in [4.69, 9.17) is 28.3 Å². The van der Waals surface area contributed by atoms with Gasteiger partial charge in [-0.15, -0.1) is 0 Å². The molecule has 11 heteroatoms. The van der Waals surface area contributed by atoms with E-state index in [-0.39, 0.29) is 23.7 Å². The van der Waals surface area contributed by atoms with E-state index in [1.807, 2.05) is 0 Å². The largest absolute Gasteiger partial charge is 0.480 e. The first kappa shape index (κ1) is 24.1. The van der Waals surface area contributed by atoms with Crippen LogP contribution in [-0.4, -0.2) is 64.4 Å². The predicted octanol–water partition coefficient (Wildman–Crippen LogP) is 4.29. The van der Waals surface area contributed by atoms with Crippen molar-refractivity contribution in [1.82, 2.24) is 9.80 Å². The van der Waals surface area contributed by atoms with Crippen LogP contribution in [0.25, 0.3) is 5.57 Å². The van der Waals surface area contributed by atoms with Crippen molar-refractivity contribution >= 4 is 58.1 Å². The molecule has 1 amide bonds. The number of carbonyl (C=O) groups is 2. The van der Waals surface area contributed by atoms with Crippen LogP contribution in [0.3, 0.4) is 0 Å². The third-order valence-corrected chi connectivity index (χ3v) is 6.70. The van der Waals surface area contributed by atoms with Gasteiger partial charge >= 0.3 is 5.97 Å². The Balaban J connectivity index is 1.76. The average molecular weight is 496 g/mol. The van der Waals surface area contributed by atoms with Gasteiger partial charge in [-0.25, -0.2) is 0 Å². The van der Waals surface area contributed by atoms with Crippen molar-refractivity contribution in [1.29, 1.82) is 0 Å². The van der Waals surface area contributed by atoms with E-state index in [0.717, 1.165) is 11.8 Å². The van der Waals surface area contributed by atoms with E-state index < -0.39 is 10.9 Å². The molecule has 168 valence electrons. The van der Waals surface area contributed by atoms with Gasteiger partial charge in [-0.05, 0) is 29.8 Å². The zero-order valence-electron chi connectivity index (χ0n) is 16.8. The number of benzene rings is 2. The molecule has 0 aromatic heterocycles. The van der Waals surface area contributed by atoms with Crippen LogP contribution in [-0.2, 0) is 9.59 Å². The van der Waals surface area contributed by atoms with Gasteiger partial charge in [0.25, 0.3) is 11.6 Å². The maximum absolute atomic E-state index is 12.8. The minimum atomic E-state index is -0.917. The summed E-state index contributed by atoms with van der Waals surface area (Å²) in [6.07, 6.45) is 0. The Morgan fingerprint density at radius 2 is 1.75 bits per heavy atom. The normalized spacial score (nSPS) is 14.2. The predicted molar refractivity (Wildman–Crippen MR) is 123 cm³/mol. The van der Waals surface area contributed by atoms with Gasteiger partial charge in [0.1, 0.15) is 0 Å². The first-order valence-corrected chi connectivity index (χ1v) is 11.1. The number of amides is 1. The van der Waals surface area contributed by atoms with Crippen molar-refractivity contribution in [2.75, 3.05) is 32.7 Å². The Hall–Kier alpha value is -2.59. The lowest BCUT2D eigenvalue weighted by Gasteiger charge is -2.34. The Kier molecular flexibility index (Phi) is 7.78. The number of nitro benzene ring substituents is 1. The molecule has 0 bridgehead atoms. The van der Waals surface area contributed by atoms with Crippen LogP contribution in [0.5, 0.6) is 0 Å². The number of hydrogen-bond acceptors (Lipinski definition) is 6. The molecule has 2 aromatic carbocycles. The van der Waals surface area contributed by atoms with Crippen LogP contribution < -0.4 is 0 Å². The summed E-state index contributed by atoms with van der Waals surface area (Å²) in [7, 11) is 0. The monoisotopic (exact) mass is 495 g/mol. The molecule has 3 rings (SSSR count). The fourth-order valence-corrected chi connectivity index (χ4v) is 4.65. The summed E-state index contributed by atoms with van der Waals surface area (Å²) in [4.78, 5) is 39.1. The number of nitrogens with zero attached hydrogens (tertiary/aromatic N) is 3. The van der Waals surface area contributed by atoms with E-state index in [1.165, 1.54) is 6.07 Å². The number of carboxylic acids is 1. The molecule has 32 heavy (non-hydrogen) atoms. The van der Waals surface area contributed by atoms with Gasteiger partial charge in [0.15, 0.2) is 0 Å². The molecule has 0 unspecified atom stereocenters. The number of aliphatic carboxylic acids is 1. The Morgan fingerprint density at radius 1 is 1.09 bits per heavy atom. The van der Waals surface area contributed by atoms with Gasteiger partial charge in [-0.2, -0.15) is 0 Å². The van der Waals surface area contributed by atoms with Crippen LogP contribution in [0, 0.1) is 10.1 Å². The fraction of sp³-hybridized carbons (Fsp3) is 0.238. The second-order valence-electron chi connectivity index (χ2n) is 7.06. The molecular weight excluding hydrogens is 477 g/mol. The van der Waals surface area contributed by atoms with Crippen molar-refractivity contribution < 1.29 is 19.6 Å². The molecule has 8 nitrogen and oxygen atoms in total. The molecule has 1 saturated heterocycles. The Bertz CT molecular complexity index is 1090. The SMILES string of the molecule is C=C(C(=O)N1CCN(CC(=O)O)CC1)c1ccc(Sc2ccc(Cl)cc2Cl)c([N+](=O)[O-])c1. The van der Waals surface area contributed by atoms with Crippen molar-refractivity contribution in [3.63, 3.8) is 0 Å². The van der Waals surface area contributed by atoms with Crippen molar-refractivity contribution in [3.05, 3.63) is 68.7 Å². The number of carboxylic acid groups (broad SMARTS) is 1. The molecule has 1 fully saturated rings. The first-order valence-electron chi connectivity index (χ1n) is 9.49. The topological polar surface area (TPSA) is 104 Å². The van der Waals surface area contributed by atoms with Gasteiger partial charge < -0.3 is 10.0 Å². The van der Waals surface area contributed by atoms with E-state index >= 15 is 0 Å². The molecule has 1 aliphatic heterocycles. The van der Waals surface area contributed by atoms with Crippen molar-refractivity contribution in [3.8, 4) is 0 Å². The third-order valence-electron chi connectivity index (χ3n) is 4.89. The number of carbonyl (C=O) groups excluding carboxylic acids is 1. The van der Waals surface area contributed by atoms with Gasteiger partial charge in [-0.3, -0.25) is 24.6 Å². The summed E-state index contributed by atoms with van der Waals surface area (Å²) in [5, 5.41) is 21.4. The summed E-state index contributed by atoms with van der Waals surface area (Å²) < 4.78 is 0. The van der Waals surface area contributed by atoms with Crippen LogP contribution >= 0.6 is 35.0 Å². The number of hydrogen-bond donors (Lipinski definition) is 1. The lowest BCUT2D eigenvalue weighted by molar-refractivity contribution is -0.387. The van der Waals surface area contributed by atoms with E-state index in [0.29, 0.717) is 51.6 Å². The smallest absolute Gasteiger partial charge is 0.317 e. The van der Waals surface area contributed by atoms with Crippen molar-refractivity contribution in [2.24, 2.45) is 0 Å². The molecule has 0 atom stereocenters. The number of halogens is 2. The molecule has 1 N–H and O–H groups in total. The summed E-state index contributed by atoms with van der Waals surface area (Å²) in [5.74, 6) is -1.25. The zero-order chi connectivity index (χ0) is 23.4. The molecule has 0 saturated carbocycles. The zero-order valence-corrected chi connectivity index (χ0v) is 19.1. The number of piperazine rings is 1. The maximum atomic E-state index is 12.8. The van der Waals surface area contributed by atoms with Gasteiger partial charge in [-0.1, -0.05) is 47.6 Å². The second kappa shape index (κ2) is 10.4. The quantitative estimate of drug-likeness (QED) is 0.346. The average Bonchev–Trinajstić information content (AvgIpc) is 2.75. The third kappa shape index (κ3) is 5.80. The number of nitro groups is 1. The maximum Gasteiger partial charge on any atom is 0.317 e. The molecule has 0 aliphatic carbocycles. The van der Waals surface area contributed by atoms with Crippen LogP contribution in [0.1, 0.15) is 5.56 Å². The standard InChI is InChI=1S/C21H19Cl2N3O5S/c1-13(21(29)25-8-6-24(7-9-25)12-20(27)28)14-2-4-19(17(10-14)26(30)31)32-18-5-3-15(22)11-16(18)23/h2-5,10-11H,1,6-9,12H2,(H,27,28). The highest BCUT2D eigenvalue weighted by atomic mass is 35.5. The summed E-state index contributed by atoms with van der Waals surface area (Å²) >= 11 is 13.2. The minimum Gasteiger partial charge on any atom is -0.480 e. The second-order valence-corrected chi connectivity index (χ2v) is 8.98. The highest BCUT2D eigenvalue weighted by Gasteiger charge is 2.26. The van der Waals surface area contributed by atoms with E-state index in [9.17, 15) is 19.7 Å². The summed E-state index contributed by atoms with van der Waals surface area (Å²) in [5.41, 5.74) is 0.320. The first-order chi connectivity index (χ1) is 15.2. The Morgan fingerprint density at radius 3 is 2.34 bits per heavy atom. The van der Waals surface area contributed by atoms with Gasteiger partial charge in [0, 0.05) is 47.7 Å². The van der Waals surface area contributed by atoms with E-state index in [2.05, 4.69) is 6.58 Å². The molecule has 0 spiro atoms. The molecule has 1 heterocycles. The molecule has 1 aliphatic rings. The summed E-state index contributed by atoms with van der Waals surface area (Å²) in [6.45, 7) is 5.35. The van der Waals surface area contributed by atoms with Crippen LogP contribution in [0.15, 0.2) is 52.8 Å². The van der Waals surface area contributed by atoms with E-state index in [1.54, 1.807) is 40.1 Å². The van der Waals surface area contributed by atoms with Crippen molar-refractivity contribution in [2.45, 2.75) is 9.79 Å². The highest BCUT2D eigenvalue weighted by Crippen LogP contribution is 2.40. The van der Waals surface area contributed by atoms with Crippen LogP contribution in [0.2, 0.25) is 10.0 Å². The lowest BCUT2D eigenvalue weighted by Crippen LogP contribution is -2.50. The molecular formula is C21H19Cl2N3O5S. The fourth-order valence-electron chi connectivity index (χ4n) is 3.23.